The molecule has 0 fully saturated rings. The summed E-state index contributed by atoms with van der Waals surface area (Å²) in [6.07, 6.45) is 1.06. The first-order chi connectivity index (χ1) is 11.5. The van der Waals surface area contributed by atoms with Gasteiger partial charge in [0.05, 0.1) is 12.1 Å². The summed E-state index contributed by atoms with van der Waals surface area (Å²) >= 11 is 3.48. The summed E-state index contributed by atoms with van der Waals surface area (Å²) in [6, 6.07) is 15.7. The molecule has 1 amide bonds. The maximum Gasteiger partial charge on any atom is 0.220 e. The van der Waals surface area contributed by atoms with E-state index in [0.717, 1.165) is 15.6 Å². The molecule has 2 N–H and O–H groups in total. The molecular formula is C20H24BrNO2. The Morgan fingerprint density at radius 3 is 2.54 bits per heavy atom. The normalized spacial score (nSPS) is 13.3. The van der Waals surface area contributed by atoms with Crippen LogP contribution in [0.15, 0.2) is 53.0 Å². The van der Waals surface area contributed by atoms with E-state index in [0.29, 0.717) is 19.3 Å². The molecule has 0 aliphatic carbocycles. The van der Waals surface area contributed by atoms with E-state index < -0.39 is 6.10 Å². The number of carbonyl (C=O) groups excluding carboxylic acids is 1. The maximum absolute atomic E-state index is 12.1. The van der Waals surface area contributed by atoms with Crippen LogP contribution in [0.2, 0.25) is 0 Å². The number of nitrogens with one attached hydrogen (secondary N) is 1. The predicted octanol–water partition coefficient (Wildman–Crippen LogP) is 3.80. The lowest BCUT2D eigenvalue weighted by molar-refractivity contribution is -0.122. The van der Waals surface area contributed by atoms with Crippen LogP contribution in [-0.2, 0) is 17.6 Å². The van der Waals surface area contributed by atoms with Crippen molar-refractivity contribution >= 4 is 21.8 Å². The quantitative estimate of drug-likeness (QED) is 0.756. The maximum atomic E-state index is 12.1. The molecule has 0 saturated heterocycles. The van der Waals surface area contributed by atoms with Crippen molar-refractivity contribution in [3.8, 4) is 0 Å². The van der Waals surface area contributed by atoms with Crippen molar-refractivity contribution in [1.82, 2.24) is 5.32 Å². The Morgan fingerprint density at radius 2 is 1.88 bits per heavy atom. The van der Waals surface area contributed by atoms with Crippen molar-refractivity contribution in [1.29, 1.82) is 0 Å². The SMILES string of the molecule is Cc1cc(CCC(=O)N[C@H](C)[C@@H](O)Cc2ccccc2)ccc1Br. The molecule has 0 aromatic heterocycles. The van der Waals surface area contributed by atoms with Crippen LogP contribution >= 0.6 is 15.9 Å². The van der Waals surface area contributed by atoms with Crippen molar-refractivity contribution in [2.75, 3.05) is 0 Å². The molecule has 2 aromatic rings. The molecule has 128 valence electrons. The highest BCUT2D eigenvalue weighted by molar-refractivity contribution is 9.10. The Bertz CT molecular complexity index is 673. The number of benzene rings is 2. The summed E-state index contributed by atoms with van der Waals surface area (Å²) in [7, 11) is 0. The van der Waals surface area contributed by atoms with Gasteiger partial charge in [0.15, 0.2) is 0 Å². The first kappa shape index (κ1) is 18.7. The molecule has 0 radical (unpaired) electrons. The van der Waals surface area contributed by atoms with E-state index in [2.05, 4.69) is 27.3 Å². The standard InChI is InChI=1S/C20H24BrNO2/c1-14-12-17(8-10-18(14)21)9-11-20(24)22-15(2)19(23)13-16-6-4-3-5-7-16/h3-8,10,12,15,19,23H,9,11,13H2,1-2H3,(H,22,24)/t15-,19+/m1/s1. The van der Waals surface area contributed by atoms with Gasteiger partial charge < -0.3 is 10.4 Å². The molecule has 2 aromatic carbocycles. The van der Waals surface area contributed by atoms with Crippen molar-refractivity contribution in [3.63, 3.8) is 0 Å². The van der Waals surface area contributed by atoms with Crippen molar-refractivity contribution in [2.24, 2.45) is 0 Å². The molecule has 0 aliphatic rings. The average molecular weight is 390 g/mol. The number of aryl methyl sites for hydroxylation is 2. The summed E-state index contributed by atoms with van der Waals surface area (Å²) in [4.78, 5) is 12.1. The first-order valence-corrected chi connectivity index (χ1v) is 9.01. The fraction of sp³-hybridized carbons (Fsp3) is 0.350. The number of carbonyl (C=O) groups is 1. The van der Waals surface area contributed by atoms with Crippen LogP contribution in [0, 0.1) is 6.92 Å². The first-order valence-electron chi connectivity index (χ1n) is 8.22. The molecule has 0 spiro atoms. The van der Waals surface area contributed by atoms with Crippen LogP contribution in [0.5, 0.6) is 0 Å². The van der Waals surface area contributed by atoms with Crippen LogP contribution in [0.1, 0.15) is 30.0 Å². The minimum atomic E-state index is -0.591. The van der Waals surface area contributed by atoms with Gasteiger partial charge in [0, 0.05) is 17.3 Å². The van der Waals surface area contributed by atoms with E-state index in [1.807, 2.05) is 56.3 Å². The third-order valence-electron chi connectivity index (χ3n) is 4.12. The van der Waals surface area contributed by atoms with E-state index in [1.165, 1.54) is 5.56 Å². The Morgan fingerprint density at radius 1 is 1.17 bits per heavy atom. The topological polar surface area (TPSA) is 49.3 Å². The molecule has 2 rings (SSSR count). The highest BCUT2D eigenvalue weighted by atomic mass is 79.9. The Kier molecular flexibility index (Phi) is 7.00. The highest BCUT2D eigenvalue weighted by Gasteiger charge is 2.17. The zero-order valence-corrected chi connectivity index (χ0v) is 15.7. The zero-order chi connectivity index (χ0) is 17.5. The Balaban J connectivity index is 1.79. The van der Waals surface area contributed by atoms with E-state index in [1.54, 1.807) is 0 Å². The second-order valence-electron chi connectivity index (χ2n) is 6.20. The summed E-state index contributed by atoms with van der Waals surface area (Å²) in [5.41, 5.74) is 3.37. The molecule has 4 heteroatoms. The molecule has 0 aliphatic heterocycles. The van der Waals surface area contributed by atoms with Gasteiger partial charge in [0.25, 0.3) is 0 Å². The lowest BCUT2D eigenvalue weighted by Crippen LogP contribution is -2.42. The van der Waals surface area contributed by atoms with E-state index in [4.69, 9.17) is 0 Å². The highest BCUT2D eigenvalue weighted by Crippen LogP contribution is 2.18. The average Bonchev–Trinajstić information content (AvgIpc) is 2.56. The summed E-state index contributed by atoms with van der Waals surface area (Å²) in [6.45, 7) is 3.88. The van der Waals surface area contributed by atoms with E-state index in [-0.39, 0.29) is 11.9 Å². The van der Waals surface area contributed by atoms with Crippen molar-refractivity contribution in [2.45, 2.75) is 45.3 Å². The van der Waals surface area contributed by atoms with Crippen molar-refractivity contribution in [3.05, 3.63) is 69.7 Å². The van der Waals surface area contributed by atoms with Crippen LogP contribution < -0.4 is 5.32 Å². The number of aliphatic hydroxyl groups excluding tert-OH is 1. The fourth-order valence-electron chi connectivity index (χ4n) is 2.57. The minimum absolute atomic E-state index is 0.0322. The van der Waals surface area contributed by atoms with Gasteiger partial charge in [-0.2, -0.15) is 0 Å². The van der Waals surface area contributed by atoms with Crippen LogP contribution in [0.4, 0.5) is 0 Å². The predicted molar refractivity (Wildman–Crippen MR) is 101 cm³/mol. The lowest BCUT2D eigenvalue weighted by Gasteiger charge is -2.20. The second kappa shape index (κ2) is 9.00. The van der Waals surface area contributed by atoms with Gasteiger partial charge in [0.2, 0.25) is 5.91 Å². The number of hydrogen-bond acceptors (Lipinski definition) is 2. The molecule has 0 bridgehead atoms. The molecule has 2 atom stereocenters. The molecule has 24 heavy (non-hydrogen) atoms. The number of halogens is 1. The van der Waals surface area contributed by atoms with E-state index in [9.17, 15) is 9.90 Å². The summed E-state index contributed by atoms with van der Waals surface area (Å²) in [5, 5.41) is 13.2. The Hall–Kier alpha value is -1.65. The van der Waals surface area contributed by atoms with Crippen LogP contribution in [-0.4, -0.2) is 23.2 Å². The minimum Gasteiger partial charge on any atom is -0.391 e. The Labute approximate surface area is 152 Å². The van der Waals surface area contributed by atoms with Gasteiger partial charge in [0.1, 0.15) is 0 Å². The molecule has 0 heterocycles. The molecule has 3 nitrogen and oxygen atoms in total. The number of aliphatic hydroxyl groups is 1. The molecule has 0 saturated carbocycles. The van der Waals surface area contributed by atoms with Gasteiger partial charge in [-0.25, -0.2) is 0 Å². The van der Waals surface area contributed by atoms with E-state index >= 15 is 0 Å². The largest absolute Gasteiger partial charge is 0.391 e. The summed E-state index contributed by atoms with van der Waals surface area (Å²) in [5.74, 6) is -0.0322. The number of hydrogen-bond donors (Lipinski definition) is 2. The van der Waals surface area contributed by atoms with Gasteiger partial charge >= 0.3 is 0 Å². The molecule has 0 unspecified atom stereocenters. The number of rotatable bonds is 7. The van der Waals surface area contributed by atoms with Crippen molar-refractivity contribution < 1.29 is 9.90 Å². The van der Waals surface area contributed by atoms with Crippen LogP contribution in [0.25, 0.3) is 0 Å². The monoisotopic (exact) mass is 389 g/mol. The fourth-order valence-corrected chi connectivity index (χ4v) is 2.82. The van der Waals surface area contributed by atoms with Gasteiger partial charge in [-0.1, -0.05) is 58.4 Å². The lowest BCUT2D eigenvalue weighted by atomic mass is 10.0. The second-order valence-corrected chi connectivity index (χ2v) is 7.05. The summed E-state index contributed by atoms with van der Waals surface area (Å²) < 4.78 is 1.08. The zero-order valence-electron chi connectivity index (χ0n) is 14.1. The van der Waals surface area contributed by atoms with Gasteiger partial charge in [-0.3, -0.25) is 4.79 Å². The van der Waals surface area contributed by atoms with Gasteiger partial charge in [-0.05, 0) is 43.0 Å². The third kappa shape index (κ3) is 5.77. The molecular weight excluding hydrogens is 366 g/mol. The van der Waals surface area contributed by atoms with Crippen LogP contribution in [0.3, 0.4) is 0 Å². The third-order valence-corrected chi connectivity index (χ3v) is 5.01. The number of amides is 1. The van der Waals surface area contributed by atoms with Gasteiger partial charge in [-0.15, -0.1) is 0 Å². The smallest absolute Gasteiger partial charge is 0.220 e.